The molecule has 1 rings (SSSR count). The van der Waals surface area contributed by atoms with Gasteiger partial charge in [0.25, 0.3) is 0 Å². The minimum atomic E-state index is -1.09. The van der Waals surface area contributed by atoms with Gasteiger partial charge in [0.2, 0.25) is 0 Å². The van der Waals surface area contributed by atoms with E-state index in [4.69, 9.17) is 5.11 Å². The maximum Gasteiger partial charge on any atom is 0.323 e. The number of aliphatic carboxylic acids is 1. The Labute approximate surface area is 97.4 Å². The number of rotatable bonds is 3. The van der Waals surface area contributed by atoms with Crippen molar-refractivity contribution in [3.05, 3.63) is 0 Å². The van der Waals surface area contributed by atoms with Crippen LogP contribution in [0, 0.1) is 0 Å². The van der Waals surface area contributed by atoms with Crippen LogP contribution in [0.25, 0.3) is 0 Å². The summed E-state index contributed by atoms with van der Waals surface area (Å²) in [7, 11) is 0. The molecule has 0 bridgehead atoms. The monoisotopic (exact) mass is 246 g/mol. The number of carbonyl (C=O) groups excluding carboxylic acids is 2. The lowest BCUT2D eigenvalue weighted by molar-refractivity contribution is -0.135. The predicted molar refractivity (Wildman–Crippen MR) is 59.3 cm³/mol. The number of hydrogen-bond acceptors (Lipinski definition) is 4. The van der Waals surface area contributed by atoms with Crippen LogP contribution in [-0.4, -0.2) is 51.5 Å². The van der Waals surface area contributed by atoms with Gasteiger partial charge in [-0.3, -0.25) is 4.79 Å². The van der Waals surface area contributed by atoms with Crippen molar-refractivity contribution in [1.82, 2.24) is 10.2 Å². The number of hydrogen-bond donors (Lipinski definition) is 2. The molecule has 16 heavy (non-hydrogen) atoms. The van der Waals surface area contributed by atoms with Gasteiger partial charge in [-0.05, 0) is 13.8 Å². The highest BCUT2D eigenvalue weighted by atomic mass is 32.2. The zero-order valence-corrected chi connectivity index (χ0v) is 9.91. The standard InChI is InChI=1S/C9H14N2O4S/c1-9(2)6(4-12)16-5-11(9)8(15)10-3-7(13)14/h4,6H,3,5H2,1-2H3,(H,10,15)(H,13,14). The lowest BCUT2D eigenvalue weighted by Crippen LogP contribution is -2.52. The average Bonchev–Trinajstić information content (AvgIpc) is 2.49. The van der Waals surface area contributed by atoms with Crippen molar-refractivity contribution in [3.8, 4) is 0 Å². The summed E-state index contributed by atoms with van der Waals surface area (Å²) in [4.78, 5) is 34.2. The number of carboxylic acid groups (broad SMARTS) is 1. The second kappa shape index (κ2) is 4.73. The molecule has 0 saturated carbocycles. The Balaban J connectivity index is 2.64. The van der Waals surface area contributed by atoms with Crippen LogP contribution in [0.5, 0.6) is 0 Å². The SMILES string of the molecule is CC1(C)C(C=O)SCN1C(=O)NCC(=O)O. The minimum Gasteiger partial charge on any atom is -0.480 e. The normalized spacial score (nSPS) is 22.9. The van der Waals surface area contributed by atoms with Gasteiger partial charge in [-0.25, -0.2) is 4.79 Å². The molecule has 0 radical (unpaired) electrons. The van der Waals surface area contributed by atoms with Crippen LogP contribution in [0.1, 0.15) is 13.8 Å². The Kier molecular flexibility index (Phi) is 3.79. The fourth-order valence-corrected chi connectivity index (χ4v) is 2.82. The van der Waals surface area contributed by atoms with Crippen molar-refractivity contribution in [1.29, 1.82) is 0 Å². The first-order valence-electron chi connectivity index (χ1n) is 4.73. The highest BCUT2D eigenvalue weighted by Crippen LogP contribution is 2.36. The zero-order valence-electron chi connectivity index (χ0n) is 9.10. The molecule has 1 unspecified atom stereocenters. The fraction of sp³-hybridized carbons (Fsp3) is 0.667. The number of urea groups is 1. The van der Waals surface area contributed by atoms with Crippen LogP contribution >= 0.6 is 11.8 Å². The molecule has 90 valence electrons. The zero-order chi connectivity index (χ0) is 12.3. The van der Waals surface area contributed by atoms with Crippen molar-refractivity contribution < 1.29 is 19.5 Å². The van der Waals surface area contributed by atoms with E-state index in [2.05, 4.69) is 5.32 Å². The lowest BCUT2D eigenvalue weighted by atomic mass is 10.00. The van der Waals surface area contributed by atoms with Gasteiger partial charge >= 0.3 is 12.0 Å². The van der Waals surface area contributed by atoms with E-state index in [0.29, 0.717) is 5.88 Å². The number of aldehydes is 1. The fourth-order valence-electron chi connectivity index (χ4n) is 1.45. The predicted octanol–water partition coefficient (Wildman–Crippen LogP) is 0.133. The van der Waals surface area contributed by atoms with Gasteiger partial charge in [0.1, 0.15) is 12.8 Å². The molecule has 0 aromatic rings. The number of amides is 2. The lowest BCUT2D eigenvalue weighted by Gasteiger charge is -2.32. The molecular formula is C9H14N2O4S. The molecule has 1 aliphatic rings. The first-order valence-corrected chi connectivity index (χ1v) is 5.78. The molecule has 2 amide bonds. The second-order valence-corrected chi connectivity index (χ2v) is 5.09. The van der Waals surface area contributed by atoms with Crippen molar-refractivity contribution in [3.63, 3.8) is 0 Å². The first kappa shape index (κ1) is 12.8. The molecule has 1 atom stereocenters. The number of nitrogens with zero attached hydrogens (tertiary/aromatic N) is 1. The third-order valence-corrected chi connectivity index (χ3v) is 3.99. The summed E-state index contributed by atoms with van der Waals surface area (Å²) >= 11 is 1.37. The molecule has 7 heteroatoms. The van der Waals surface area contributed by atoms with Gasteiger partial charge in [-0.1, -0.05) is 0 Å². The maximum atomic E-state index is 11.6. The maximum absolute atomic E-state index is 11.6. The van der Waals surface area contributed by atoms with E-state index < -0.39 is 24.1 Å². The van der Waals surface area contributed by atoms with Crippen LogP contribution in [0.15, 0.2) is 0 Å². The van der Waals surface area contributed by atoms with E-state index in [-0.39, 0.29) is 5.25 Å². The Hall–Kier alpha value is -1.24. The highest BCUT2D eigenvalue weighted by Gasteiger charge is 2.44. The number of carbonyl (C=O) groups is 3. The van der Waals surface area contributed by atoms with E-state index in [1.165, 1.54) is 16.7 Å². The second-order valence-electron chi connectivity index (χ2n) is 3.99. The number of nitrogens with one attached hydrogen (secondary N) is 1. The molecule has 1 saturated heterocycles. The summed E-state index contributed by atoms with van der Waals surface area (Å²) in [5, 5.41) is 10.4. The van der Waals surface area contributed by atoms with Gasteiger partial charge in [0.15, 0.2) is 0 Å². The summed E-state index contributed by atoms with van der Waals surface area (Å²) in [6.07, 6.45) is 0.815. The summed E-state index contributed by atoms with van der Waals surface area (Å²) in [6, 6.07) is -0.454. The molecule has 6 nitrogen and oxygen atoms in total. The first-order chi connectivity index (χ1) is 7.39. The van der Waals surface area contributed by atoms with Gasteiger partial charge in [-0.15, -0.1) is 11.8 Å². The van der Waals surface area contributed by atoms with Crippen LogP contribution in [0.2, 0.25) is 0 Å². The Bertz CT molecular complexity index is 319. The van der Waals surface area contributed by atoms with Crippen LogP contribution < -0.4 is 5.32 Å². The number of thioether (sulfide) groups is 1. The molecule has 1 aliphatic heterocycles. The molecule has 2 N–H and O–H groups in total. The molecule has 0 spiro atoms. The van der Waals surface area contributed by atoms with Gasteiger partial charge in [-0.2, -0.15) is 0 Å². The highest BCUT2D eigenvalue weighted by molar-refractivity contribution is 8.00. The van der Waals surface area contributed by atoms with Gasteiger partial charge in [0, 0.05) is 0 Å². The van der Waals surface area contributed by atoms with Gasteiger partial charge in [0.05, 0.1) is 16.7 Å². The Morgan fingerprint density at radius 2 is 2.25 bits per heavy atom. The molecular weight excluding hydrogens is 232 g/mol. The molecule has 0 aliphatic carbocycles. The molecule has 1 heterocycles. The van der Waals surface area contributed by atoms with E-state index in [0.717, 1.165) is 6.29 Å². The minimum absolute atomic E-state index is 0.275. The summed E-state index contributed by atoms with van der Waals surface area (Å²) in [5.74, 6) is -0.702. The van der Waals surface area contributed by atoms with E-state index in [1.54, 1.807) is 13.8 Å². The van der Waals surface area contributed by atoms with Crippen molar-refractivity contribution in [2.75, 3.05) is 12.4 Å². The van der Waals surface area contributed by atoms with Crippen molar-refractivity contribution in [2.45, 2.75) is 24.6 Å². The van der Waals surface area contributed by atoms with E-state index in [9.17, 15) is 14.4 Å². The average molecular weight is 246 g/mol. The summed E-state index contributed by atoms with van der Waals surface area (Å²) < 4.78 is 0. The van der Waals surface area contributed by atoms with Gasteiger partial charge < -0.3 is 20.1 Å². The third kappa shape index (κ3) is 2.46. The largest absolute Gasteiger partial charge is 0.480 e. The molecule has 0 aromatic carbocycles. The van der Waals surface area contributed by atoms with E-state index >= 15 is 0 Å². The van der Waals surface area contributed by atoms with Crippen LogP contribution in [-0.2, 0) is 9.59 Å². The molecule has 0 aromatic heterocycles. The van der Waals surface area contributed by atoms with Crippen LogP contribution in [0.3, 0.4) is 0 Å². The Morgan fingerprint density at radius 3 is 2.69 bits per heavy atom. The molecule has 1 fully saturated rings. The Morgan fingerprint density at radius 1 is 1.62 bits per heavy atom. The van der Waals surface area contributed by atoms with Crippen molar-refractivity contribution >= 4 is 30.0 Å². The van der Waals surface area contributed by atoms with Crippen molar-refractivity contribution in [2.24, 2.45) is 0 Å². The van der Waals surface area contributed by atoms with Crippen LogP contribution in [0.4, 0.5) is 4.79 Å². The quantitative estimate of drug-likeness (QED) is 0.691. The number of carboxylic acids is 1. The summed E-state index contributed by atoms with van der Waals surface area (Å²) in [5.41, 5.74) is -0.588. The smallest absolute Gasteiger partial charge is 0.323 e. The van der Waals surface area contributed by atoms with E-state index in [1.807, 2.05) is 0 Å². The topological polar surface area (TPSA) is 86.7 Å². The summed E-state index contributed by atoms with van der Waals surface area (Å²) in [6.45, 7) is 3.15. The third-order valence-electron chi connectivity index (χ3n) is 2.53.